The van der Waals surface area contributed by atoms with Crippen LogP contribution in [0.5, 0.6) is 0 Å². The zero-order valence-corrected chi connectivity index (χ0v) is 16.6. The first-order valence-corrected chi connectivity index (χ1v) is 10.2. The van der Waals surface area contributed by atoms with Gasteiger partial charge in [0.25, 0.3) is 0 Å². The van der Waals surface area contributed by atoms with E-state index in [1.165, 1.54) is 6.07 Å². The lowest BCUT2D eigenvalue weighted by Crippen LogP contribution is -2.51. The van der Waals surface area contributed by atoms with Crippen molar-refractivity contribution >= 4 is 17.5 Å². The van der Waals surface area contributed by atoms with Crippen LogP contribution in [0.2, 0.25) is 0 Å². The van der Waals surface area contributed by atoms with Gasteiger partial charge in [0.1, 0.15) is 5.82 Å². The van der Waals surface area contributed by atoms with Crippen LogP contribution in [-0.4, -0.2) is 84.6 Å². The van der Waals surface area contributed by atoms with E-state index in [4.69, 9.17) is 0 Å². The molecule has 0 N–H and O–H groups in total. The molecule has 0 spiro atoms. The van der Waals surface area contributed by atoms with Gasteiger partial charge in [-0.25, -0.2) is 14.4 Å². The summed E-state index contributed by atoms with van der Waals surface area (Å²) < 4.78 is 14.0. The zero-order chi connectivity index (χ0) is 20.1. The molecule has 2 aromatic rings. The number of halogens is 1. The minimum atomic E-state index is -0.170. The molecule has 4 rings (SSSR count). The molecule has 3 heterocycles. The van der Waals surface area contributed by atoms with Crippen LogP contribution in [-0.2, 0) is 4.79 Å². The third-order valence-corrected chi connectivity index (χ3v) is 5.67. The molecule has 29 heavy (non-hydrogen) atoms. The molecule has 7 nitrogen and oxygen atoms in total. The highest BCUT2D eigenvalue weighted by atomic mass is 19.1. The third-order valence-electron chi connectivity index (χ3n) is 5.67. The number of benzene rings is 1. The Morgan fingerprint density at radius 2 is 1.52 bits per heavy atom. The number of hydrogen-bond acceptors (Lipinski definition) is 6. The average Bonchev–Trinajstić information content (AvgIpc) is 2.79. The molecule has 1 aromatic heterocycles. The van der Waals surface area contributed by atoms with Gasteiger partial charge in [-0.3, -0.25) is 9.69 Å². The van der Waals surface area contributed by atoms with Crippen molar-refractivity contribution in [1.29, 1.82) is 0 Å². The smallest absolute Gasteiger partial charge is 0.225 e. The second kappa shape index (κ2) is 9.17. The van der Waals surface area contributed by atoms with Gasteiger partial charge in [-0.1, -0.05) is 12.1 Å². The summed E-state index contributed by atoms with van der Waals surface area (Å²) in [7, 11) is 0. The fraction of sp³-hybridized carbons (Fsp3) is 0.476. The number of carbonyl (C=O) groups is 1. The van der Waals surface area contributed by atoms with Crippen molar-refractivity contribution in [2.45, 2.75) is 6.42 Å². The lowest BCUT2D eigenvalue weighted by molar-refractivity contribution is -0.131. The predicted octanol–water partition coefficient (Wildman–Crippen LogP) is 1.48. The zero-order valence-electron chi connectivity index (χ0n) is 16.6. The van der Waals surface area contributed by atoms with Gasteiger partial charge in [-0.2, -0.15) is 0 Å². The molecule has 0 radical (unpaired) electrons. The number of carbonyl (C=O) groups excluding carboxylic acids is 1. The summed E-state index contributed by atoms with van der Waals surface area (Å²) in [6.07, 6.45) is 4.01. The Kier molecular flexibility index (Phi) is 6.19. The molecule has 1 amide bonds. The quantitative estimate of drug-likeness (QED) is 0.761. The number of amides is 1. The number of hydrogen-bond donors (Lipinski definition) is 0. The molecule has 1 aromatic carbocycles. The van der Waals surface area contributed by atoms with Crippen molar-refractivity contribution < 1.29 is 9.18 Å². The van der Waals surface area contributed by atoms with Crippen LogP contribution in [0.15, 0.2) is 42.7 Å². The van der Waals surface area contributed by atoms with E-state index >= 15 is 0 Å². The number of anilines is 2. The predicted molar refractivity (Wildman–Crippen MR) is 110 cm³/mol. The highest BCUT2D eigenvalue weighted by molar-refractivity contribution is 5.76. The molecule has 8 heteroatoms. The first-order valence-electron chi connectivity index (χ1n) is 10.2. The second-order valence-corrected chi connectivity index (χ2v) is 7.45. The van der Waals surface area contributed by atoms with Crippen molar-refractivity contribution in [3.05, 3.63) is 48.5 Å². The summed E-state index contributed by atoms with van der Waals surface area (Å²) in [5, 5.41) is 0. The Hall–Kier alpha value is -2.74. The summed E-state index contributed by atoms with van der Waals surface area (Å²) in [6, 6.07) is 8.72. The maximum Gasteiger partial charge on any atom is 0.225 e. The summed E-state index contributed by atoms with van der Waals surface area (Å²) in [6.45, 7) is 6.95. The molecule has 2 aliphatic rings. The number of para-hydroxylation sites is 1. The largest absolute Gasteiger partial charge is 0.367 e. The SMILES string of the molecule is O=C(CCN1CCN(c2ccccc2F)CC1)N1CCN(c2ncccn2)CC1. The number of nitrogens with zero attached hydrogens (tertiary/aromatic N) is 6. The summed E-state index contributed by atoms with van der Waals surface area (Å²) in [5.41, 5.74) is 0.670. The van der Waals surface area contributed by atoms with E-state index in [1.54, 1.807) is 24.5 Å². The van der Waals surface area contributed by atoms with E-state index in [0.717, 1.165) is 51.8 Å². The Balaban J connectivity index is 1.19. The fourth-order valence-corrected chi connectivity index (χ4v) is 3.94. The fourth-order valence-electron chi connectivity index (χ4n) is 3.94. The molecular weight excluding hydrogens is 371 g/mol. The molecule has 0 bridgehead atoms. The molecular formula is C21H27FN6O. The van der Waals surface area contributed by atoms with Crippen LogP contribution in [0.1, 0.15) is 6.42 Å². The van der Waals surface area contributed by atoms with Crippen LogP contribution >= 0.6 is 0 Å². The highest BCUT2D eigenvalue weighted by Crippen LogP contribution is 2.20. The molecule has 2 aliphatic heterocycles. The molecule has 0 unspecified atom stereocenters. The van der Waals surface area contributed by atoms with Crippen molar-refractivity contribution in [2.24, 2.45) is 0 Å². The van der Waals surface area contributed by atoms with Gasteiger partial charge in [-0.15, -0.1) is 0 Å². The van der Waals surface area contributed by atoms with Gasteiger partial charge in [0.15, 0.2) is 0 Å². The van der Waals surface area contributed by atoms with E-state index in [1.807, 2.05) is 17.0 Å². The lowest BCUT2D eigenvalue weighted by Gasteiger charge is -2.37. The Morgan fingerprint density at radius 3 is 2.21 bits per heavy atom. The van der Waals surface area contributed by atoms with Gasteiger partial charge >= 0.3 is 0 Å². The van der Waals surface area contributed by atoms with E-state index < -0.39 is 0 Å². The first kappa shape index (κ1) is 19.6. The van der Waals surface area contributed by atoms with Gasteiger partial charge in [0.05, 0.1) is 5.69 Å². The standard InChI is InChI=1S/C21H27FN6O/c22-18-4-1-2-5-19(18)26-12-10-25(11-13-26)9-6-20(29)27-14-16-28(17-15-27)21-23-7-3-8-24-21/h1-5,7-8H,6,9-17H2. The van der Waals surface area contributed by atoms with Crippen LogP contribution in [0, 0.1) is 5.82 Å². The minimum absolute atomic E-state index is 0.170. The van der Waals surface area contributed by atoms with Crippen LogP contribution in [0.4, 0.5) is 16.0 Å². The molecule has 0 atom stereocenters. The van der Waals surface area contributed by atoms with Crippen LogP contribution < -0.4 is 9.80 Å². The van der Waals surface area contributed by atoms with Crippen LogP contribution in [0.25, 0.3) is 0 Å². The van der Waals surface area contributed by atoms with Gasteiger partial charge in [0, 0.05) is 77.7 Å². The van der Waals surface area contributed by atoms with Gasteiger partial charge in [0.2, 0.25) is 11.9 Å². The van der Waals surface area contributed by atoms with Crippen LogP contribution in [0.3, 0.4) is 0 Å². The molecule has 2 fully saturated rings. The first-order chi connectivity index (χ1) is 14.2. The maximum atomic E-state index is 14.0. The molecule has 0 aliphatic carbocycles. The number of rotatable bonds is 5. The molecule has 0 saturated carbocycles. The van der Waals surface area contributed by atoms with Crippen molar-refractivity contribution in [3.8, 4) is 0 Å². The maximum absolute atomic E-state index is 14.0. The Bertz CT molecular complexity index is 804. The summed E-state index contributed by atoms with van der Waals surface area (Å²) in [4.78, 5) is 29.6. The topological polar surface area (TPSA) is 55.8 Å². The third kappa shape index (κ3) is 4.82. The normalized spacial score (nSPS) is 18.2. The van der Waals surface area contributed by atoms with E-state index in [2.05, 4.69) is 24.7 Å². The van der Waals surface area contributed by atoms with Crippen molar-refractivity contribution in [1.82, 2.24) is 19.8 Å². The van der Waals surface area contributed by atoms with Gasteiger partial charge < -0.3 is 14.7 Å². The monoisotopic (exact) mass is 398 g/mol. The van der Waals surface area contributed by atoms with Crippen molar-refractivity contribution in [3.63, 3.8) is 0 Å². The molecule has 154 valence electrons. The minimum Gasteiger partial charge on any atom is -0.367 e. The van der Waals surface area contributed by atoms with E-state index in [-0.39, 0.29) is 11.7 Å². The average molecular weight is 398 g/mol. The van der Waals surface area contributed by atoms with Crippen molar-refractivity contribution in [2.75, 3.05) is 68.7 Å². The summed E-state index contributed by atoms with van der Waals surface area (Å²) in [5.74, 6) is 0.763. The summed E-state index contributed by atoms with van der Waals surface area (Å²) >= 11 is 0. The van der Waals surface area contributed by atoms with E-state index in [9.17, 15) is 9.18 Å². The Morgan fingerprint density at radius 1 is 0.862 bits per heavy atom. The van der Waals surface area contributed by atoms with E-state index in [0.29, 0.717) is 25.2 Å². The molecule has 2 saturated heterocycles. The van der Waals surface area contributed by atoms with Gasteiger partial charge in [-0.05, 0) is 18.2 Å². The lowest BCUT2D eigenvalue weighted by atomic mass is 10.2. The number of piperazine rings is 2. The second-order valence-electron chi connectivity index (χ2n) is 7.45. The number of aromatic nitrogens is 2. The highest BCUT2D eigenvalue weighted by Gasteiger charge is 2.24. The Labute approximate surface area is 170 Å².